The maximum atomic E-state index is 12.4. The van der Waals surface area contributed by atoms with Gasteiger partial charge in [0.25, 0.3) is 0 Å². The first-order chi connectivity index (χ1) is 12.2. The van der Waals surface area contributed by atoms with E-state index in [1.807, 2.05) is 18.2 Å². The Labute approximate surface area is 151 Å². The highest BCUT2D eigenvalue weighted by molar-refractivity contribution is 5.99. The van der Waals surface area contributed by atoms with E-state index < -0.39 is 35.4 Å². The van der Waals surface area contributed by atoms with Crippen LogP contribution in [0.5, 0.6) is 5.75 Å². The largest absolute Gasteiger partial charge is 0.508 e. The number of carbonyl (C=O) groups excluding carboxylic acids is 1. The number of hydrogen-bond acceptors (Lipinski definition) is 5. The summed E-state index contributed by atoms with van der Waals surface area (Å²) in [5.74, 6) is -0.944. The zero-order chi connectivity index (χ0) is 18.9. The Morgan fingerprint density at radius 1 is 1.27 bits per heavy atom. The number of aliphatic hydroxyl groups excluding tert-OH is 2. The van der Waals surface area contributed by atoms with Crippen molar-refractivity contribution in [3.63, 3.8) is 0 Å². The fourth-order valence-corrected chi connectivity index (χ4v) is 5.02. The number of phenols is 1. The Morgan fingerprint density at radius 2 is 2.00 bits per heavy atom. The van der Waals surface area contributed by atoms with E-state index in [0.29, 0.717) is 0 Å². The smallest absolute Gasteiger partial charge is 0.191 e. The molecule has 0 spiro atoms. The minimum Gasteiger partial charge on any atom is -0.508 e. The van der Waals surface area contributed by atoms with Crippen LogP contribution < -0.4 is 0 Å². The van der Waals surface area contributed by atoms with Crippen LogP contribution in [0.25, 0.3) is 16.3 Å². The summed E-state index contributed by atoms with van der Waals surface area (Å²) in [7, 11) is 0. The van der Waals surface area contributed by atoms with E-state index in [1.165, 1.54) is 0 Å². The van der Waals surface area contributed by atoms with Crippen molar-refractivity contribution in [3.8, 4) is 5.75 Å². The normalized spacial score (nSPS) is 32.9. The van der Waals surface area contributed by atoms with Crippen molar-refractivity contribution in [2.24, 2.45) is 11.3 Å². The van der Waals surface area contributed by atoms with Crippen LogP contribution in [-0.4, -0.2) is 38.4 Å². The Kier molecular flexibility index (Phi) is 3.57. The first-order valence-electron chi connectivity index (χ1n) is 8.77. The molecule has 0 unspecified atom stereocenters. The number of carbonyl (C=O) groups is 1. The maximum absolute atomic E-state index is 12.4. The van der Waals surface area contributed by atoms with Gasteiger partial charge in [0, 0.05) is 11.3 Å². The molecule has 2 aliphatic rings. The monoisotopic (exact) mass is 354 g/mol. The lowest BCUT2D eigenvalue weighted by molar-refractivity contribution is -0.157. The molecule has 0 aliphatic heterocycles. The highest BCUT2D eigenvalue weighted by atomic mass is 16.3. The summed E-state index contributed by atoms with van der Waals surface area (Å²) in [6.07, 6.45) is 1.19. The van der Waals surface area contributed by atoms with Gasteiger partial charge in [-0.2, -0.15) is 0 Å². The predicted molar refractivity (Wildman–Crippen MR) is 97.5 cm³/mol. The van der Waals surface area contributed by atoms with Gasteiger partial charge < -0.3 is 20.4 Å². The summed E-state index contributed by atoms with van der Waals surface area (Å²) in [6.45, 7) is 2.80. The standard InChI is InChI=1S/C21H22O5/c1-11-7-16-15-5-3-12-8-13(23)4-6-14(12)19(15)17(24)9-20(16,2)21(11,26)18(25)10-22/h3-8,11,17,22-24,26H,9-10H2,1-2H3/t11-,17+,20+,21+/m1/s1. The van der Waals surface area contributed by atoms with Crippen molar-refractivity contribution in [1.82, 2.24) is 0 Å². The molecular formula is C21H22O5. The zero-order valence-corrected chi connectivity index (χ0v) is 14.7. The molecule has 0 amide bonds. The summed E-state index contributed by atoms with van der Waals surface area (Å²) in [6, 6.07) is 8.74. The molecule has 4 N–H and O–H groups in total. The number of ketones is 1. The molecule has 26 heavy (non-hydrogen) atoms. The third kappa shape index (κ3) is 1.93. The number of rotatable bonds is 2. The molecule has 5 nitrogen and oxygen atoms in total. The molecule has 0 bridgehead atoms. The van der Waals surface area contributed by atoms with E-state index in [-0.39, 0.29) is 12.2 Å². The van der Waals surface area contributed by atoms with Gasteiger partial charge in [-0.25, -0.2) is 0 Å². The number of aliphatic hydroxyl groups is 3. The quantitative estimate of drug-likeness (QED) is 0.663. The lowest BCUT2D eigenvalue weighted by atomic mass is 9.59. The second kappa shape index (κ2) is 5.39. The van der Waals surface area contributed by atoms with Gasteiger partial charge in [0.15, 0.2) is 5.78 Å². The number of benzene rings is 2. The van der Waals surface area contributed by atoms with Gasteiger partial charge in [0.2, 0.25) is 0 Å². The molecular weight excluding hydrogens is 332 g/mol. The molecule has 0 saturated carbocycles. The van der Waals surface area contributed by atoms with Gasteiger partial charge in [0.05, 0.1) is 6.10 Å². The number of aromatic hydroxyl groups is 1. The Morgan fingerprint density at radius 3 is 2.69 bits per heavy atom. The van der Waals surface area contributed by atoms with Crippen LogP contribution in [0.3, 0.4) is 0 Å². The summed E-state index contributed by atoms with van der Waals surface area (Å²) in [5.41, 5.74) is -0.357. The molecule has 0 fully saturated rings. The summed E-state index contributed by atoms with van der Waals surface area (Å²) in [4.78, 5) is 12.4. The first kappa shape index (κ1) is 17.2. The lowest BCUT2D eigenvalue weighted by Gasteiger charge is -2.47. The molecule has 0 heterocycles. The van der Waals surface area contributed by atoms with Gasteiger partial charge >= 0.3 is 0 Å². The van der Waals surface area contributed by atoms with Crippen molar-refractivity contribution in [1.29, 1.82) is 0 Å². The maximum Gasteiger partial charge on any atom is 0.191 e. The van der Waals surface area contributed by atoms with Gasteiger partial charge in [-0.1, -0.05) is 38.1 Å². The van der Waals surface area contributed by atoms with Gasteiger partial charge in [0.1, 0.15) is 18.0 Å². The minimum absolute atomic E-state index is 0.157. The molecule has 2 aromatic rings. The van der Waals surface area contributed by atoms with Crippen molar-refractivity contribution < 1.29 is 25.2 Å². The van der Waals surface area contributed by atoms with E-state index in [2.05, 4.69) is 0 Å². The minimum atomic E-state index is -1.75. The second-order valence-corrected chi connectivity index (χ2v) is 7.70. The molecule has 136 valence electrons. The first-order valence-corrected chi connectivity index (χ1v) is 8.77. The molecule has 0 saturated heterocycles. The average molecular weight is 354 g/mol. The molecule has 4 rings (SSSR count). The van der Waals surface area contributed by atoms with Gasteiger partial charge in [-0.15, -0.1) is 0 Å². The molecule has 4 atom stereocenters. The topological polar surface area (TPSA) is 98.0 Å². The van der Waals surface area contributed by atoms with E-state index in [9.17, 15) is 25.2 Å². The van der Waals surface area contributed by atoms with Crippen molar-refractivity contribution in [3.05, 3.63) is 47.5 Å². The Bertz CT molecular complexity index is 962. The van der Waals surface area contributed by atoms with Gasteiger partial charge in [-0.05, 0) is 46.0 Å². The number of fused-ring (bicyclic) bond motifs is 5. The summed E-state index contributed by atoms with van der Waals surface area (Å²) < 4.78 is 0. The van der Waals surface area contributed by atoms with Crippen molar-refractivity contribution in [2.45, 2.75) is 32.0 Å². The zero-order valence-electron chi connectivity index (χ0n) is 14.7. The lowest BCUT2D eigenvalue weighted by Crippen LogP contribution is -2.56. The molecule has 2 aliphatic carbocycles. The van der Waals surface area contributed by atoms with Crippen LogP contribution >= 0.6 is 0 Å². The SMILES string of the molecule is C[C@@H]1C=C2c3ccc4cc(O)ccc4c3[C@@H](O)C[C@]2(C)[C@@]1(O)C(=O)CO. The average Bonchev–Trinajstić information content (AvgIpc) is 2.81. The van der Waals surface area contributed by atoms with Crippen LogP contribution in [0.15, 0.2) is 36.4 Å². The van der Waals surface area contributed by atoms with Crippen LogP contribution in [0.4, 0.5) is 0 Å². The van der Waals surface area contributed by atoms with Crippen molar-refractivity contribution >= 4 is 22.1 Å². The molecule has 2 aromatic carbocycles. The number of hydrogen-bond donors (Lipinski definition) is 4. The number of phenolic OH excluding ortho intramolecular Hbond substituents is 1. The van der Waals surface area contributed by atoms with E-state index in [4.69, 9.17) is 0 Å². The van der Waals surface area contributed by atoms with Crippen LogP contribution in [0.2, 0.25) is 0 Å². The van der Waals surface area contributed by atoms with Crippen LogP contribution in [0.1, 0.15) is 37.5 Å². The molecule has 5 heteroatoms. The summed E-state index contributed by atoms with van der Waals surface area (Å²) >= 11 is 0. The van der Waals surface area contributed by atoms with E-state index in [1.54, 1.807) is 32.0 Å². The fourth-order valence-electron chi connectivity index (χ4n) is 5.02. The Balaban J connectivity index is 1.98. The van der Waals surface area contributed by atoms with E-state index >= 15 is 0 Å². The van der Waals surface area contributed by atoms with Crippen LogP contribution in [0, 0.1) is 11.3 Å². The second-order valence-electron chi connectivity index (χ2n) is 7.70. The highest BCUT2D eigenvalue weighted by Crippen LogP contribution is 2.62. The van der Waals surface area contributed by atoms with Gasteiger partial charge in [-0.3, -0.25) is 4.79 Å². The van der Waals surface area contributed by atoms with Crippen molar-refractivity contribution in [2.75, 3.05) is 6.61 Å². The third-order valence-corrected chi connectivity index (χ3v) is 6.35. The Hall–Kier alpha value is -2.21. The number of Topliss-reactive ketones (excluding diaryl/α,β-unsaturated/α-hetero) is 1. The van der Waals surface area contributed by atoms with Crippen LogP contribution in [-0.2, 0) is 4.79 Å². The highest BCUT2D eigenvalue weighted by Gasteiger charge is 2.62. The van der Waals surface area contributed by atoms with E-state index in [0.717, 1.165) is 27.5 Å². The summed E-state index contributed by atoms with van der Waals surface area (Å²) in [5, 5.41) is 43.0. The fraction of sp³-hybridized carbons (Fsp3) is 0.381. The molecule has 0 radical (unpaired) electrons. The predicted octanol–water partition coefficient (Wildman–Crippen LogP) is 2.31. The third-order valence-electron chi connectivity index (χ3n) is 6.35. The molecule has 0 aromatic heterocycles.